The van der Waals surface area contributed by atoms with Crippen LogP contribution in [-0.4, -0.2) is 17.4 Å². The van der Waals surface area contributed by atoms with Crippen molar-refractivity contribution in [2.75, 3.05) is 6.54 Å². The van der Waals surface area contributed by atoms with Crippen LogP contribution in [0.15, 0.2) is 22.9 Å². The highest BCUT2D eigenvalue weighted by atomic mass is 79.9. The van der Waals surface area contributed by atoms with E-state index in [1.54, 1.807) is 18.3 Å². The molecule has 0 aromatic carbocycles. The zero-order valence-corrected chi connectivity index (χ0v) is 11.4. The largest absolute Gasteiger partial charge is 0.352 e. The molecule has 4 heteroatoms. The number of carbonyl (C=O) groups is 1. The second-order valence-corrected chi connectivity index (χ2v) is 5.37. The molecule has 1 aliphatic rings. The zero-order chi connectivity index (χ0) is 12.1. The molecule has 0 saturated heterocycles. The number of halogens is 1. The summed E-state index contributed by atoms with van der Waals surface area (Å²) in [7, 11) is 0. The van der Waals surface area contributed by atoms with E-state index in [2.05, 4.69) is 26.2 Å². The van der Waals surface area contributed by atoms with Crippen molar-refractivity contribution in [2.24, 2.45) is 5.92 Å². The molecule has 0 radical (unpaired) electrons. The summed E-state index contributed by atoms with van der Waals surface area (Å²) in [5, 5.41) is 2.97. The third kappa shape index (κ3) is 3.80. The van der Waals surface area contributed by atoms with E-state index in [0.29, 0.717) is 10.2 Å². The van der Waals surface area contributed by atoms with E-state index < -0.39 is 0 Å². The molecule has 0 spiro atoms. The lowest BCUT2D eigenvalue weighted by atomic mass is 10.0. The summed E-state index contributed by atoms with van der Waals surface area (Å²) in [6.07, 6.45) is 8.12. The molecule has 0 bridgehead atoms. The molecular formula is C13H17BrN2O. The standard InChI is InChI=1S/C13H17BrN2O/c14-12-9-11(6-8-15-12)13(17)16-7-5-10-3-1-2-4-10/h6,8-10H,1-5,7H2,(H,16,17). The van der Waals surface area contributed by atoms with Crippen molar-refractivity contribution < 1.29 is 4.79 Å². The molecule has 1 aliphatic carbocycles. The van der Waals surface area contributed by atoms with E-state index >= 15 is 0 Å². The maximum Gasteiger partial charge on any atom is 0.251 e. The summed E-state index contributed by atoms with van der Waals surface area (Å²) in [4.78, 5) is 15.8. The van der Waals surface area contributed by atoms with Gasteiger partial charge in [0.2, 0.25) is 0 Å². The van der Waals surface area contributed by atoms with Crippen LogP contribution in [-0.2, 0) is 0 Å². The minimum absolute atomic E-state index is 0.00824. The molecule has 1 saturated carbocycles. The molecule has 0 aliphatic heterocycles. The van der Waals surface area contributed by atoms with Crippen LogP contribution < -0.4 is 5.32 Å². The quantitative estimate of drug-likeness (QED) is 0.867. The second-order valence-electron chi connectivity index (χ2n) is 4.56. The highest BCUT2D eigenvalue weighted by Crippen LogP contribution is 2.26. The van der Waals surface area contributed by atoms with Gasteiger partial charge in [0.1, 0.15) is 4.60 Å². The molecule has 3 nitrogen and oxygen atoms in total. The summed E-state index contributed by atoms with van der Waals surface area (Å²) in [6.45, 7) is 0.781. The summed E-state index contributed by atoms with van der Waals surface area (Å²) >= 11 is 3.26. The Labute approximate surface area is 110 Å². The molecule has 0 unspecified atom stereocenters. The van der Waals surface area contributed by atoms with E-state index in [-0.39, 0.29) is 5.91 Å². The molecule has 92 valence electrons. The Hall–Kier alpha value is -0.900. The smallest absolute Gasteiger partial charge is 0.251 e. The van der Waals surface area contributed by atoms with Gasteiger partial charge in [0.05, 0.1) is 0 Å². The summed E-state index contributed by atoms with van der Waals surface area (Å²) in [6, 6.07) is 3.47. The summed E-state index contributed by atoms with van der Waals surface area (Å²) in [5.74, 6) is 0.811. The van der Waals surface area contributed by atoms with E-state index in [0.717, 1.165) is 18.9 Å². The van der Waals surface area contributed by atoms with Gasteiger partial charge in [-0.2, -0.15) is 0 Å². The lowest BCUT2D eigenvalue weighted by Crippen LogP contribution is -2.25. The van der Waals surface area contributed by atoms with Crippen molar-refractivity contribution >= 4 is 21.8 Å². The van der Waals surface area contributed by atoms with Gasteiger partial charge < -0.3 is 5.32 Å². The SMILES string of the molecule is O=C(NCCC1CCCC1)c1ccnc(Br)c1. The number of carbonyl (C=O) groups excluding carboxylic acids is 1. The predicted molar refractivity (Wildman–Crippen MR) is 70.8 cm³/mol. The number of hydrogen-bond acceptors (Lipinski definition) is 2. The molecule has 2 rings (SSSR count). The molecule has 1 amide bonds. The Morgan fingerprint density at radius 2 is 2.24 bits per heavy atom. The summed E-state index contributed by atoms with van der Waals surface area (Å²) in [5.41, 5.74) is 0.665. The van der Waals surface area contributed by atoms with Crippen LogP contribution in [0.3, 0.4) is 0 Å². The fourth-order valence-corrected chi connectivity index (χ4v) is 2.70. The first-order valence-corrected chi connectivity index (χ1v) is 6.95. The topological polar surface area (TPSA) is 42.0 Å². The van der Waals surface area contributed by atoms with Crippen LogP contribution >= 0.6 is 15.9 Å². The minimum Gasteiger partial charge on any atom is -0.352 e. The van der Waals surface area contributed by atoms with Crippen LogP contribution in [0.1, 0.15) is 42.5 Å². The highest BCUT2D eigenvalue weighted by molar-refractivity contribution is 9.10. The van der Waals surface area contributed by atoms with Crippen LogP contribution in [0.5, 0.6) is 0 Å². The van der Waals surface area contributed by atoms with Gasteiger partial charge in [-0.05, 0) is 40.4 Å². The molecule has 1 aromatic rings. The summed E-state index contributed by atoms with van der Waals surface area (Å²) < 4.78 is 0.695. The van der Waals surface area contributed by atoms with Crippen LogP contribution in [0, 0.1) is 5.92 Å². The van der Waals surface area contributed by atoms with Gasteiger partial charge in [-0.15, -0.1) is 0 Å². The zero-order valence-electron chi connectivity index (χ0n) is 9.79. The van der Waals surface area contributed by atoms with Gasteiger partial charge in [0.15, 0.2) is 0 Å². The van der Waals surface area contributed by atoms with E-state index in [1.807, 2.05) is 0 Å². The Balaban J connectivity index is 1.77. The second kappa shape index (κ2) is 6.15. The maximum absolute atomic E-state index is 11.8. The van der Waals surface area contributed by atoms with Crippen molar-refractivity contribution in [1.29, 1.82) is 0 Å². The highest BCUT2D eigenvalue weighted by Gasteiger charge is 2.14. The molecule has 17 heavy (non-hydrogen) atoms. The van der Waals surface area contributed by atoms with Crippen molar-refractivity contribution in [2.45, 2.75) is 32.1 Å². The fourth-order valence-electron chi connectivity index (χ4n) is 2.33. The number of aromatic nitrogens is 1. The number of hydrogen-bond donors (Lipinski definition) is 1. The third-order valence-corrected chi connectivity index (χ3v) is 3.74. The molecule has 1 N–H and O–H groups in total. The number of amides is 1. The lowest BCUT2D eigenvalue weighted by molar-refractivity contribution is 0.0951. The molecular weight excluding hydrogens is 280 g/mol. The van der Waals surface area contributed by atoms with Gasteiger partial charge in [0.25, 0.3) is 5.91 Å². The Bertz CT molecular complexity index is 389. The Morgan fingerprint density at radius 1 is 1.47 bits per heavy atom. The van der Waals surface area contributed by atoms with Crippen molar-refractivity contribution in [1.82, 2.24) is 10.3 Å². The first-order chi connectivity index (χ1) is 8.25. The Kier molecular flexibility index (Phi) is 4.54. The van der Waals surface area contributed by atoms with E-state index in [9.17, 15) is 4.79 Å². The average molecular weight is 297 g/mol. The van der Waals surface area contributed by atoms with Gasteiger partial charge in [0, 0.05) is 18.3 Å². The molecule has 1 aromatic heterocycles. The van der Waals surface area contributed by atoms with Gasteiger partial charge in [-0.25, -0.2) is 4.98 Å². The van der Waals surface area contributed by atoms with Crippen molar-refractivity contribution in [3.8, 4) is 0 Å². The van der Waals surface area contributed by atoms with Crippen LogP contribution in [0.4, 0.5) is 0 Å². The Morgan fingerprint density at radius 3 is 2.94 bits per heavy atom. The number of rotatable bonds is 4. The van der Waals surface area contributed by atoms with Crippen LogP contribution in [0.2, 0.25) is 0 Å². The molecule has 1 fully saturated rings. The number of nitrogens with one attached hydrogen (secondary N) is 1. The average Bonchev–Trinajstić information content (AvgIpc) is 2.82. The number of pyridine rings is 1. The van der Waals surface area contributed by atoms with Gasteiger partial charge >= 0.3 is 0 Å². The van der Waals surface area contributed by atoms with Gasteiger partial charge in [-0.3, -0.25) is 4.79 Å². The van der Waals surface area contributed by atoms with Crippen LogP contribution in [0.25, 0.3) is 0 Å². The molecule has 1 heterocycles. The maximum atomic E-state index is 11.8. The fraction of sp³-hybridized carbons (Fsp3) is 0.538. The lowest BCUT2D eigenvalue weighted by Gasteiger charge is -2.09. The van der Waals surface area contributed by atoms with Crippen molar-refractivity contribution in [3.05, 3.63) is 28.5 Å². The minimum atomic E-state index is -0.00824. The van der Waals surface area contributed by atoms with Crippen molar-refractivity contribution in [3.63, 3.8) is 0 Å². The van der Waals surface area contributed by atoms with E-state index in [4.69, 9.17) is 0 Å². The predicted octanol–water partition coefficient (Wildman–Crippen LogP) is 3.15. The van der Waals surface area contributed by atoms with Gasteiger partial charge in [-0.1, -0.05) is 25.7 Å². The third-order valence-electron chi connectivity index (χ3n) is 3.30. The van der Waals surface area contributed by atoms with E-state index in [1.165, 1.54) is 25.7 Å². The normalized spacial score (nSPS) is 16.1. The number of nitrogens with zero attached hydrogens (tertiary/aromatic N) is 1. The monoisotopic (exact) mass is 296 g/mol. The first kappa shape index (κ1) is 12.6. The molecule has 0 atom stereocenters. The first-order valence-electron chi connectivity index (χ1n) is 6.15.